The summed E-state index contributed by atoms with van der Waals surface area (Å²) in [6, 6.07) is 6.48. The van der Waals surface area contributed by atoms with Gasteiger partial charge in [0.05, 0.1) is 31.5 Å². The van der Waals surface area contributed by atoms with E-state index in [4.69, 9.17) is 5.11 Å². The predicted octanol–water partition coefficient (Wildman–Crippen LogP) is 0.240. The third kappa shape index (κ3) is 13.2. The molecule has 0 aliphatic carbocycles. The van der Waals surface area contributed by atoms with Crippen molar-refractivity contribution in [3.8, 4) is 0 Å². The van der Waals surface area contributed by atoms with Crippen LogP contribution in [0.1, 0.15) is 48.9 Å². The number of hydrogen-bond acceptors (Lipinski definition) is 10. The zero-order chi connectivity index (χ0) is 27.8. The summed E-state index contributed by atoms with van der Waals surface area (Å²) in [5.41, 5.74) is 1.03. The molecule has 2 rings (SSSR count). The van der Waals surface area contributed by atoms with Crippen molar-refractivity contribution in [3.63, 3.8) is 0 Å². The smallest absolute Gasteiger partial charge is 0.251 e. The van der Waals surface area contributed by atoms with Crippen molar-refractivity contribution < 1.29 is 34.8 Å². The first-order valence-electron chi connectivity index (χ1n) is 12.9. The maximum absolute atomic E-state index is 12.3. The number of hydrogen-bond donors (Lipinski definition) is 8. The molecule has 1 aromatic carbocycles. The molecule has 0 aromatic heterocycles. The molecule has 4 unspecified atom stereocenters. The Bertz CT molecular complexity index is 857. The number of carbonyl (C=O) groups excluding carboxylic acids is 3. The van der Waals surface area contributed by atoms with Gasteiger partial charge in [-0.25, -0.2) is 0 Å². The summed E-state index contributed by atoms with van der Waals surface area (Å²) in [4.78, 5) is 36.1. The first-order chi connectivity index (χ1) is 18.3. The number of rotatable bonds is 18. The SMILES string of the molecule is O=C(CCCCC1CCSS1)NCC(=O)NCCNC(=O)c1ccc(NCC(O)C(O)CC(O)CO)cc1. The molecule has 1 aliphatic rings. The summed E-state index contributed by atoms with van der Waals surface area (Å²) in [6.45, 7) is -0.124. The first kappa shape index (κ1) is 32.2. The van der Waals surface area contributed by atoms with Crippen LogP contribution < -0.4 is 21.3 Å². The minimum absolute atomic E-state index is 0.0178. The van der Waals surface area contributed by atoms with Crippen LogP contribution in [0.2, 0.25) is 0 Å². The van der Waals surface area contributed by atoms with Gasteiger partial charge in [-0.15, -0.1) is 0 Å². The van der Waals surface area contributed by atoms with E-state index < -0.39 is 24.9 Å². The lowest BCUT2D eigenvalue weighted by atomic mass is 10.1. The monoisotopic (exact) mass is 572 g/mol. The Morgan fingerprint density at radius 3 is 2.37 bits per heavy atom. The molecule has 0 radical (unpaired) electrons. The molecule has 8 N–H and O–H groups in total. The van der Waals surface area contributed by atoms with Gasteiger partial charge < -0.3 is 41.7 Å². The maximum Gasteiger partial charge on any atom is 0.251 e. The fourth-order valence-corrected chi connectivity index (χ4v) is 6.67. The topological polar surface area (TPSA) is 180 Å². The number of anilines is 1. The van der Waals surface area contributed by atoms with Gasteiger partial charge >= 0.3 is 0 Å². The summed E-state index contributed by atoms with van der Waals surface area (Å²) in [5.74, 6) is 0.440. The Balaban J connectivity index is 1.54. The van der Waals surface area contributed by atoms with Gasteiger partial charge in [0.25, 0.3) is 5.91 Å². The van der Waals surface area contributed by atoms with Crippen LogP contribution in [-0.2, 0) is 9.59 Å². The summed E-state index contributed by atoms with van der Waals surface area (Å²) in [5, 5.41) is 49.5. The van der Waals surface area contributed by atoms with Gasteiger partial charge in [-0.1, -0.05) is 28.0 Å². The molecule has 38 heavy (non-hydrogen) atoms. The van der Waals surface area contributed by atoms with Crippen LogP contribution in [0.5, 0.6) is 0 Å². The van der Waals surface area contributed by atoms with Gasteiger partial charge in [-0.2, -0.15) is 0 Å². The van der Waals surface area contributed by atoms with Crippen LogP contribution in [0.15, 0.2) is 24.3 Å². The summed E-state index contributed by atoms with van der Waals surface area (Å²) >= 11 is 0. The van der Waals surface area contributed by atoms with Crippen molar-refractivity contribution in [2.45, 2.75) is 62.1 Å². The van der Waals surface area contributed by atoms with Gasteiger partial charge in [-0.05, 0) is 43.5 Å². The van der Waals surface area contributed by atoms with Crippen molar-refractivity contribution in [1.82, 2.24) is 16.0 Å². The minimum atomic E-state index is -1.19. The van der Waals surface area contributed by atoms with Crippen molar-refractivity contribution >= 4 is 45.0 Å². The number of aliphatic hydroxyl groups excluding tert-OH is 4. The maximum atomic E-state index is 12.3. The Labute approximate surface area is 231 Å². The fraction of sp³-hybridized carbons (Fsp3) is 0.640. The second kappa shape index (κ2) is 18.3. The molecule has 214 valence electrons. The highest BCUT2D eigenvalue weighted by atomic mass is 33.1. The van der Waals surface area contributed by atoms with E-state index in [0.717, 1.165) is 19.3 Å². The Kier molecular flexibility index (Phi) is 15.5. The molecule has 1 fully saturated rings. The summed E-state index contributed by atoms with van der Waals surface area (Å²) in [7, 11) is 3.85. The molecule has 1 aliphatic heterocycles. The van der Waals surface area contributed by atoms with Gasteiger partial charge in [0, 0.05) is 54.7 Å². The number of aliphatic hydroxyl groups is 4. The second-order valence-corrected chi connectivity index (χ2v) is 11.9. The number of carbonyl (C=O) groups is 3. The zero-order valence-corrected chi connectivity index (χ0v) is 23.1. The number of unbranched alkanes of at least 4 members (excludes halogenated alkanes) is 1. The third-order valence-corrected chi connectivity index (χ3v) is 8.92. The number of benzene rings is 1. The fourth-order valence-electron chi connectivity index (χ4n) is 3.64. The summed E-state index contributed by atoms with van der Waals surface area (Å²) < 4.78 is 0. The molecule has 0 bridgehead atoms. The van der Waals surface area contributed by atoms with E-state index in [0.29, 0.717) is 22.9 Å². The normalized spacial score (nSPS) is 17.3. The Morgan fingerprint density at radius 1 is 0.947 bits per heavy atom. The van der Waals surface area contributed by atoms with E-state index in [9.17, 15) is 29.7 Å². The van der Waals surface area contributed by atoms with Crippen LogP contribution in [-0.4, -0.2) is 100 Å². The van der Waals surface area contributed by atoms with E-state index in [1.54, 1.807) is 24.3 Å². The molecular weight excluding hydrogens is 532 g/mol. The Hall–Kier alpha value is -2.03. The van der Waals surface area contributed by atoms with Crippen LogP contribution >= 0.6 is 21.6 Å². The van der Waals surface area contributed by atoms with E-state index in [2.05, 4.69) is 21.3 Å². The highest BCUT2D eigenvalue weighted by molar-refractivity contribution is 8.77. The van der Waals surface area contributed by atoms with Crippen molar-refractivity contribution in [2.24, 2.45) is 0 Å². The molecule has 0 saturated carbocycles. The van der Waals surface area contributed by atoms with E-state index in [1.807, 2.05) is 21.6 Å². The van der Waals surface area contributed by atoms with E-state index in [1.165, 1.54) is 12.2 Å². The van der Waals surface area contributed by atoms with Crippen LogP contribution in [0.3, 0.4) is 0 Å². The Morgan fingerprint density at radius 2 is 1.68 bits per heavy atom. The lowest BCUT2D eigenvalue weighted by molar-refractivity contribution is -0.126. The van der Waals surface area contributed by atoms with Gasteiger partial charge in [0.2, 0.25) is 11.8 Å². The van der Waals surface area contributed by atoms with Gasteiger partial charge in [-0.3, -0.25) is 14.4 Å². The van der Waals surface area contributed by atoms with Crippen molar-refractivity contribution in [1.29, 1.82) is 0 Å². The van der Waals surface area contributed by atoms with Crippen molar-refractivity contribution in [3.05, 3.63) is 29.8 Å². The largest absolute Gasteiger partial charge is 0.394 e. The standard InChI is InChI=1S/C25H40N4O7S2/c30-16-19(31)13-21(32)22(33)14-28-18-7-5-17(6-8-18)25(36)27-11-10-26-24(35)15-29-23(34)4-2-1-3-20-9-12-37-38-20/h5-8,19-22,28,30-33H,1-4,9-16H2,(H,26,35)(H,27,36)(H,29,34). The van der Waals surface area contributed by atoms with Crippen LogP contribution in [0, 0.1) is 0 Å². The van der Waals surface area contributed by atoms with Crippen molar-refractivity contribution in [2.75, 3.05) is 43.9 Å². The molecule has 13 heteroatoms. The van der Waals surface area contributed by atoms with Crippen LogP contribution in [0.25, 0.3) is 0 Å². The molecule has 0 spiro atoms. The molecule has 4 atom stereocenters. The van der Waals surface area contributed by atoms with Crippen LogP contribution in [0.4, 0.5) is 5.69 Å². The molecule has 1 saturated heterocycles. The average Bonchev–Trinajstić information content (AvgIpc) is 3.44. The second-order valence-electron chi connectivity index (χ2n) is 9.12. The van der Waals surface area contributed by atoms with E-state index >= 15 is 0 Å². The van der Waals surface area contributed by atoms with Gasteiger partial charge in [0.15, 0.2) is 0 Å². The number of amides is 3. The van der Waals surface area contributed by atoms with E-state index in [-0.39, 0.29) is 50.3 Å². The summed E-state index contributed by atoms with van der Waals surface area (Å²) in [6.07, 6.45) is 1.04. The molecule has 3 amide bonds. The third-order valence-electron chi connectivity index (χ3n) is 5.92. The molecular formula is C25H40N4O7S2. The zero-order valence-electron chi connectivity index (χ0n) is 21.4. The number of nitrogens with one attached hydrogen (secondary N) is 4. The lowest BCUT2D eigenvalue weighted by Crippen LogP contribution is -2.40. The lowest BCUT2D eigenvalue weighted by Gasteiger charge is -2.20. The first-order valence-corrected chi connectivity index (χ1v) is 15.3. The van der Waals surface area contributed by atoms with Gasteiger partial charge in [0.1, 0.15) is 0 Å². The minimum Gasteiger partial charge on any atom is -0.394 e. The molecule has 1 aromatic rings. The molecule has 1 heterocycles. The quantitative estimate of drug-likeness (QED) is 0.0897. The highest BCUT2D eigenvalue weighted by Crippen LogP contribution is 2.39. The highest BCUT2D eigenvalue weighted by Gasteiger charge is 2.19. The average molecular weight is 573 g/mol. The predicted molar refractivity (Wildman–Crippen MR) is 150 cm³/mol. The molecule has 11 nitrogen and oxygen atoms in total.